The van der Waals surface area contributed by atoms with E-state index in [1.807, 2.05) is 22.4 Å². The number of nitrogens with one attached hydrogen (secondary N) is 1. The molecule has 6 nitrogen and oxygen atoms in total. The van der Waals surface area contributed by atoms with Crippen LogP contribution in [0.25, 0.3) is 11.5 Å². The number of methoxy groups -OCH3 is 1. The lowest BCUT2D eigenvalue weighted by Crippen LogP contribution is -2.08. The number of hydrogen-bond donors (Lipinski definition) is 1. The van der Waals surface area contributed by atoms with E-state index in [2.05, 4.69) is 22.2 Å². The Kier molecular flexibility index (Phi) is 3.93. The van der Waals surface area contributed by atoms with E-state index >= 15 is 0 Å². The Morgan fingerprint density at radius 1 is 1.50 bits per heavy atom. The van der Waals surface area contributed by atoms with E-state index in [1.54, 1.807) is 7.11 Å². The maximum absolute atomic E-state index is 5.22. The molecule has 0 aliphatic heterocycles. The van der Waals surface area contributed by atoms with Crippen LogP contribution in [0.4, 0.5) is 0 Å². The van der Waals surface area contributed by atoms with Gasteiger partial charge in [-0.15, -0.1) is 0 Å². The minimum Gasteiger partial charge on any atom is -0.383 e. The van der Waals surface area contributed by atoms with Gasteiger partial charge in [0.15, 0.2) is 10.6 Å². The van der Waals surface area contributed by atoms with Crippen molar-refractivity contribution in [1.29, 1.82) is 0 Å². The molecule has 0 fully saturated rings. The van der Waals surface area contributed by atoms with Gasteiger partial charge in [-0.05, 0) is 24.7 Å². The van der Waals surface area contributed by atoms with Crippen LogP contribution in [0.1, 0.15) is 12.6 Å². The molecule has 0 aliphatic rings. The van der Waals surface area contributed by atoms with Crippen molar-refractivity contribution in [2.75, 3.05) is 13.7 Å². The smallest absolute Gasteiger partial charge is 0.195 e. The number of aryl methyl sites for hydroxylation is 2. The van der Waals surface area contributed by atoms with Crippen molar-refractivity contribution in [3.8, 4) is 11.5 Å². The Morgan fingerprint density at radius 2 is 2.28 bits per heavy atom. The van der Waals surface area contributed by atoms with Crippen LogP contribution in [0.3, 0.4) is 0 Å². The Labute approximate surface area is 111 Å². The second-order valence-corrected chi connectivity index (χ2v) is 4.38. The molecule has 0 bridgehead atoms. The highest BCUT2D eigenvalue weighted by atomic mass is 32.1. The summed E-state index contributed by atoms with van der Waals surface area (Å²) >= 11 is 5.22. The van der Waals surface area contributed by atoms with E-state index in [0.717, 1.165) is 23.6 Å². The first-order chi connectivity index (χ1) is 8.67. The highest BCUT2D eigenvalue weighted by molar-refractivity contribution is 7.71. The topological polar surface area (TPSA) is 60.7 Å². The lowest BCUT2D eigenvalue weighted by Gasteiger charge is -2.05. The van der Waals surface area contributed by atoms with E-state index in [-0.39, 0.29) is 0 Å². The summed E-state index contributed by atoms with van der Waals surface area (Å²) in [5.74, 6) is 0.798. The normalized spacial score (nSPS) is 11.1. The molecule has 0 aromatic carbocycles. The van der Waals surface area contributed by atoms with Crippen LogP contribution in [-0.2, 0) is 24.8 Å². The quantitative estimate of drug-likeness (QED) is 0.835. The molecule has 0 amide bonds. The molecule has 0 saturated heterocycles. The fraction of sp³-hybridized carbons (Fsp3) is 0.545. The van der Waals surface area contributed by atoms with Crippen molar-refractivity contribution in [2.45, 2.75) is 19.9 Å². The van der Waals surface area contributed by atoms with E-state index in [4.69, 9.17) is 17.0 Å². The van der Waals surface area contributed by atoms with Gasteiger partial charge in [0.05, 0.1) is 18.8 Å². The minimum atomic E-state index is 0.597. The molecule has 18 heavy (non-hydrogen) atoms. The van der Waals surface area contributed by atoms with Crippen LogP contribution in [-0.4, -0.2) is 38.3 Å². The van der Waals surface area contributed by atoms with Gasteiger partial charge >= 0.3 is 0 Å². The van der Waals surface area contributed by atoms with Gasteiger partial charge in [-0.2, -0.15) is 10.2 Å². The average Bonchev–Trinajstić information content (AvgIpc) is 2.90. The summed E-state index contributed by atoms with van der Waals surface area (Å²) in [5.41, 5.74) is 2.00. The summed E-state index contributed by atoms with van der Waals surface area (Å²) in [6.45, 7) is 3.35. The fourth-order valence-electron chi connectivity index (χ4n) is 1.81. The Bertz CT molecular complexity index is 583. The highest BCUT2D eigenvalue weighted by Crippen LogP contribution is 2.18. The molecule has 2 aromatic rings. The first-order valence-electron chi connectivity index (χ1n) is 5.84. The van der Waals surface area contributed by atoms with Crippen molar-refractivity contribution < 1.29 is 4.74 Å². The zero-order valence-electron chi connectivity index (χ0n) is 10.8. The third-order valence-corrected chi connectivity index (χ3v) is 3.11. The standard InChI is InChI=1S/C11H17N5OS/c1-4-8-7-9(15(2)14-8)10-12-13-11(18)16(10)5-6-17-3/h7H,4-6H2,1-3H3,(H,13,18). The Hall–Kier alpha value is -1.47. The van der Waals surface area contributed by atoms with Gasteiger partial charge in [0.25, 0.3) is 0 Å². The molecular formula is C11H17N5OS. The van der Waals surface area contributed by atoms with Crippen LogP contribution in [0.5, 0.6) is 0 Å². The molecule has 0 saturated carbocycles. The summed E-state index contributed by atoms with van der Waals surface area (Å²) in [4.78, 5) is 0. The molecule has 98 valence electrons. The van der Waals surface area contributed by atoms with Gasteiger partial charge in [0, 0.05) is 14.2 Å². The van der Waals surface area contributed by atoms with E-state index in [9.17, 15) is 0 Å². The molecule has 2 aromatic heterocycles. The number of ether oxygens (including phenoxy) is 1. The monoisotopic (exact) mass is 267 g/mol. The van der Waals surface area contributed by atoms with Crippen LogP contribution >= 0.6 is 12.2 Å². The number of H-pyrrole nitrogens is 1. The molecule has 0 unspecified atom stereocenters. The van der Waals surface area contributed by atoms with E-state index in [0.29, 0.717) is 17.9 Å². The number of aromatic amines is 1. The lowest BCUT2D eigenvalue weighted by molar-refractivity contribution is 0.187. The second kappa shape index (κ2) is 5.45. The van der Waals surface area contributed by atoms with Crippen LogP contribution in [0.15, 0.2) is 6.07 Å². The molecule has 1 N–H and O–H groups in total. The summed E-state index contributed by atoms with van der Waals surface area (Å²) < 4.78 is 9.44. The fourth-order valence-corrected chi connectivity index (χ4v) is 2.04. The Balaban J connectivity index is 2.43. The Morgan fingerprint density at radius 3 is 2.89 bits per heavy atom. The molecular weight excluding hydrogens is 250 g/mol. The third kappa shape index (κ3) is 2.37. The van der Waals surface area contributed by atoms with Crippen molar-refractivity contribution in [2.24, 2.45) is 7.05 Å². The predicted molar refractivity (Wildman–Crippen MR) is 70.9 cm³/mol. The molecule has 0 radical (unpaired) electrons. The first-order valence-corrected chi connectivity index (χ1v) is 6.25. The zero-order chi connectivity index (χ0) is 13.1. The van der Waals surface area contributed by atoms with E-state index < -0.39 is 0 Å². The number of rotatable bonds is 5. The minimum absolute atomic E-state index is 0.597. The molecule has 0 atom stereocenters. The van der Waals surface area contributed by atoms with Gasteiger partial charge in [-0.1, -0.05) is 6.92 Å². The van der Waals surface area contributed by atoms with Gasteiger partial charge < -0.3 is 4.74 Å². The SMILES string of the molecule is CCc1cc(-c2n[nH]c(=S)n2CCOC)n(C)n1. The van der Waals surface area contributed by atoms with Gasteiger partial charge in [0.2, 0.25) is 0 Å². The molecule has 7 heteroatoms. The van der Waals surface area contributed by atoms with Gasteiger partial charge in [-0.3, -0.25) is 14.3 Å². The maximum atomic E-state index is 5.22. The van der Waals surface area contributed by atoms with E-state index in [1.165, 1.54) is 0 Å². The second-order valence-electron chi connectivity index (χ2n) is 3.99. The number of aromatic nitrogens is 5. The van der Waals surface area contributed by atoms with Crippen molar-refractivity contribution >= 4 is 12.2 Å². The van der Waals surface area contributed by atoms with Gasteiger partial charge in [0.1, 0.15) is 5.69 Å². The highest BCUT2D eigenvalue weighted by Gasteiger charge is 2.13. The first kappa shape index (κ1) is 13.0. The summed E-state index contributed by atoms with van der Waals surface area (Å²) in [6.07, 6.45) is 0.900. The molecule has 0 spiro atoms. The molecule has 2 heterocycles. The third-order valence-electron chi connectivity index (χ3n) is 2.80. The van der Waals surface area contributed by atoms with Crippen molar-refractivity contribution in [3.05, 3.63) is 16.5 Å². The molecule has 0 aliphatic carbocycles. The lowest BCUT2D eigenvalue weighted by atomic mass is 10.3. The largest absolute Gasteiger partial charge is 0.383 e. The van der Waals surface area contributed by atoms with Crippen LogP contribution in [0, 0.1) is 4.77 Å². The zero-order valence-corrected chi connectivity index (χ0v) is 11.6. The van der Waals surface area contributed by atoms with Crippen LogP contribution in [0.2, 0.25) is 0 Å². The summed E-state index contributed by atoms with van der Waals surface area (Å²) in [6, 6.07) is 2.04. The van der Waals surface area contributed by atoms with Crippen molar-refractivity contribution in [1.82, 2.24) is 24.5 Å². The van der Waals surface area contributed by atoms with Gasteiger partial charge in [-0.25, -0.2) is 0 Å². The van der Waals surface area contributed by atoms with Crippen molar-refractivity contribution in [3.63, 3.8) is 0 Å². The number of hydrogen-bond acceptors (Lipinski definition) is 4. The predicted octanol–water partition coefficient (Wildman–Crippen LogP) is 1.55. The average molecular weight is 267 g/mol. The number of nitrogens with zero attached hydrogens (tertiary/aromatic N) is 4. The summed E-state index contributed by atoms with van der Waals surface area (Å²) in [5, 5.41) is 11.5. The molecule has 2 rings (SSSR count). The summed E-state index contributed by atoms with van der Waals surface area (Å²) in [7, 11) is 3.58. The maximum Gasteiger partial charge on any atom is 0.195 e. The van der Waals surface area contributed by atoms with Crippen LogP contribution < -0.4 is 0 Å².